The van der Waals surface area contributed by atoms with Crippen molar-refractivity contribution in [2.24, 2.45) is 0 Å². The summed E-state index contributed by atoms with van der Waals surface area (Å²) in [5, 5.41) is 0. The largest absolute Gasteiger partial charge is 0.493 e. The van der Waals surface area contributed by atoms with Gasteiger partial charge in [0.05, 0.1) is 25.6 Å². The third kappa shape index (κ3) is 4.85. The molecular weight excluding hydrogens is 336 g/mol. The summed E-state index contributed by atoms with van der Waals surface area (Å²) in [5.41, 5.74) is 5.43. The first kappa shape index (κ1) is 18.9. The lowest BCUT2D eigenvalue weighted by Crippen LogP contribution is -1.97. The van der Waals surface area contributed by atoms with Gasteiger partial charge < -0.3 is 9.47 Å². The third-order valence-electron chi connectivity index (χ3n) is 4.64. The summed E-state index contributed by atoms with van der Waals surface area (Å²) in [7, 11) is 3.36. The van der Waals surface area contributed by atoms with E-state index in [0.29, 0.717) is 0 Å². The monoisotopic (exact) mass is 362 g/mol. The SMILES string of the molecule is COc1cccc(CCCCc2ccc(-c3ccc(C)cn3)nc2)c1OC. The number of methoxy groups -OCH3 is 2. The Hall–Kier alpha value is -2.88. The Labute approximate surface area is 161 Å². The molecule has 0 aliphatic carbocycles. The van der Waals surface area contributed by atoms with Crippen LogP contribution in [0.3, 0.4) is 0 Å². The van der Waals surface area contributed by atoms with E-state index in [1.165, 1.54) is 11.1 Å². The quantitative estimate of drug-likeness (QED) is 0.527. The Morgan fingerprint density at radius 2 is 1.52 bits per heavy atom. The summed E-state index contributed by atoms with van der Waals surface area (Å²) >= 11 is 0. The first-order valence-electron chi connectivity index (χ1n) is 9.29. The highest BCUT2D eigenvalue weighted by molar-refractivity contribution is 5.54. The molecule has 0 bridgehead atoms. The van der Waals surface area contributed by atoms with Gasteiger partial charge in [0.2, 0.25) is 0 Å². The average Bonchev–Trinajstić information content (AvgIpc) is 2.72. The molecule has 1 aromatic carbocycles. The van der Waals surface area contributed by atoms with Crippen molar-refractivity contribution in [3.05, 3.63) is 71.5 Å². The van der Waals surface area contributed by atoms with Crippen LogP contribution in [0.2, 0.25) is 0 Å². The molecule has 0 radical (unpaired) electrons. The number of hydrogen-bond acceptors (Lipinski definition) is 4. The Bertz CT molecular complexity index is 859. The van der Waals surface area contributed by atoms with E-state index >= 15 is 0 Å². The molecule has 0 saturated heterocycles. The molecule has 3 rings (SSSR count). The van der Waals surface area contributed by atoms with Crippen molar-refractivity contribution in [1.82, 2.24) is 9.97 Å². The molecule has 2 aromatic heterocycles. The van der Waals surface area contributed by atoms with Crippen LogP contribution in [0, 0.1) is 6.92 Å². The highest BCUT2D eigenvalue weighted by Gasteiger charge is 2.09. The fourth-order valence-electron chi connectivity index (χ4n) is 3.14. The van der Waals surface area contributed by atoms with Gasteiger partial charge in [0, 0.05) is 12.4 Å². The number of unbranched alkanes of at least 4 members (excludes halogenated alkanes) is 1. The molecule has 0 amide bonds. The summed E-state index contributed by atoms with van der Waals surface area (Å²) < 4.78 is 10.9. The molecule has 0 N–H and O–H groups in total. The lowest BCUT2D eigenvalue weighted by Gasteiger charge is -2.12. The topological polar surface area (TPSA) is 44.2 Å². The van der Waals surface area contributed by atoms with Gasteiger partial charge in [0.15, 0.2) is 11.5 Å². The number of para-hydroxylation sites is 1. The molecule has 0 aliphatic rings. The molecule has 3 aromatic rings. The summed E-state index contributed by atoms with van der Waals surface area (Å²) in [5.74, 6) is 1.64. The van der Waals surface area contributed by atoms with E-state index in [1.54, 1.807) is 14.2 Å². The number of aromatic nitrogens is 2. The third-order valence-corrected chi connectivity index (χ3v) is 4.64. The van der Waals surface area contributed by atoms with Crippen LogP contribution in [-0.2, 0) is 12.8 Å². The summed E-state index contributed by atoms with van der Waals surface area (Å²) in [6.45, 7) is 2.04. The highest BCUT2D eigenvalue weighted by atomic mass is 16.5. The predicted octanol–water partition coefficient (Wildman–Crippen LogP) is 5.03. The van der Waals surface area contributed by atoms with Crippen molar-refractivity contribution in [3.8, 4) is 22.9 Å². The Morgan fingerprint density at radius 3 is 2.15 bits per heavy atom. The Morgan fingerprint density at radius 1 is 0.778 bits per heavy atom. The maximum absolute atomic E-state index is 5.50. The number of nitrogens with zero attached hydrogens (tertiary/aromatic N) is 2. The van der Waals surface area contributed by atoms with Gasteiger partial charge in [-0.15, -0.1) is 0 Å². The van der Waals surface area contributed by atoms with E-state index in [9.17, 15) is 0 Å². The van der Waals surface area contributed by atoms with Gasteiger partial charge >= 0.3 is 0 Å². The number of hydrogen-bond donors (Lipinski definition) is 0. The smallest absolute Gasteiger partial charge is 0.163 e. The van der Waals surface area contributed by atoms with Crippen LogP contribution >= 0.6 is 0 Å². The average molecular weight is 362 g/mol. The van der Waals surface area contributed by atoms with Crippen LogP contribution in [0.25, 0.3) is 11.4 Å². The van der Waals surface area contributed by atoms with Gasteiger partial charge in [0.25, 0.3) is 0 Å². The standard InChI is InChI=1S/C23H26N2O2/c1-17-11-13-20(24-15-17)21-14-12-18(16-25-21)7-4-5-8-19-9-6-10-22(26-2)23(19)27-3/h6,9-16H,4-5,7-8H2,1-3H3. The highest BCUT2D eigenvalue weighted by Crippen LogP contribution is 2.31. The van der Waals surface area contributed by atoms with Gasteiger partial charge in [-0.05, 0) is 67.5 Å². The van der Waals surface area contributed by atoms with Gasteiger partial charge in [-0.3, -0.25) is 9.97 Å². The van der Waals surface area contributed by atoms with Crippen molar-refractivity contribution >= 4 is 0 Å². The molecule has 27 heavy (non-hydrogen) atoms. The minimum atomic E-state index is 0.791. The zero-order chi connectivity index (χ0) is 19.1. The van der Waals surface area contributed by atoms with E-state index in [1.807, 2.05) is 37.5 Å². The molecular formula is C23H26N2O2. The molecule has 0 aliphatic heterocycles. The van der Waals surface area contributed by atoms with Gasteiger partial charge in [0.1, 0.15) is 0 Å². The number of pyridine rings is 2. The van der Waals surface area contributed by atoms with Crippen molar-refractivity contribution in [1.29, 1.82) is 0 Å². The maximum atomic E-state index is 5.50. The van der Waals surface area contributed by atoms with Gasteiger partial charge in [-0.25, -0.2) is 0 Å². The fourth-order valence-corrected chi connectivity index (χ4v) is 3.14. The first-order chi connectivity index (χ1) is 13.2. The number of rotatable bonds is 8. The molecule has 0 atom stereocenters. The lowest BCUT2D eigenvalue weighted by molar-refractivity contribution is 0.351. The normalized spacial score (nSPS) is 10.6. The zero-order valence-corrected chi connectivity index (χ0v) is 16.2. The maximum Gasteiger partial charge on any atom is 0.163 e. The lowest BCUT2D eigenvalue weighted by atomic mass is 10.0. The van der Waals surface area contributed by atoms with Crippen LogP contribution in [-0.4, -0.2) is 24.2 Å². The molecule has 0 unspecified atom stereocenters. The molecule has 4 heteroatoms. The van der Waals surface area contributed by atoms with Crippen molar-refractivity contribution in [3.63, 3.8) is 0 Å². The Kier molecular flexibility index (Phi) is 6.42. The second-order valence-corrected chi connectivity index (χ2v) is 6.63. The van der Waals surface area contributed by atoms with E-state index < -0.39 is 0 Å². The van der Waals surface area contributed by atoms with Gasteiger partial charge in [-0.2, -0.15) is 0 Å². The van der Waals surface area contributed by atoms with Gasteiger partial charge in [-0.1, -0.05) is 24.3 Å². The Balaban J connectivity index is 1.53. The zero-order valence-electron chi connectivity index (χ0n) is 16.2. The second-order valence-electron chi connectivity index (χ2n) is 6.63. The molecule has 0 saturated carbocycles. The molecule has 0 fully saturated rings. The van der Waals surface area contributed by atoms with Crippen LogP contribution in [0.1, 0.15) is 29.5 Å². The number of ether oxygens (including phenoxy) is 2. The molecule has 2 heterocycles. The van der Waals surface area contributed by atoms with E-state index in [4.69, 9.17) is 9.47 Å². The van der Waals surface area contributed by atoms with Crippen LogP contribution in [0.15, 0.2) is 54.9 Å². The van der Waals surface area contributed by atoms with Crippen molar-refractivity contribution in [2.45, 2.75) is 32.6 Å². The minimum Gasteiger partial charge on any atom is -0.493 e. The summed E-state index contributed by atoms with van der Waals surface area (Å²) in [6, 6.07) is 14.3. The van der Waals surface area contributed by atoms with E-state index in [2.05, 4.69) is 34.2 Å². The van der Waals surface area contributed by atoms with Crippen molar-refractivity contribution < 1.29 is 9.47 Å². The first-order valence-corrected chi connectivity index (χ1v) is 9.29. The van der Waals surface area contributed by atoms with E-state index in [-0.39, 0.29) is 0 Å². The number of aryl methyl sites for hydroxylation is 3. The fraction of sp³-hybridized carbons (Fsp3) is 0.304. The van der Waals surface area contributed by atoms with Crippen molar-refractivity contribution in [2.75, 3.05) is 14.2 Å². The molecule has 0 spiro atoms. The van der Waals surface area contributed by atoms with Crippen LogP contribution in [0.4, 0.5) is 0 Å². The van der Waals surface area contributed by atoms with Crippen LogP contribution in [0.5, 0.6) is 11.5 Å². The predicted molar refractivity (Wildman–Crippen MR) is 108 cm³/mol. The molecule has 4 nitrogen and oxygen atoms in total. The van der Waals surface area contributed by atoms with Crippen LogP contribution < -0.4 is 9.47 Å². The minimum absolute atomic E-state index is 0.791. The molecule has 140 valence electrons. The summed E-state index contributed by atoms with van der Waals surface area (Å²) in [4.78, 5) is 9.00. The number of benzene rings is 1. The second kappa shape index (κ2) is 9.17. The van der Waals surface area contributed by atoms with E-state index in [0.717, 1.165) is 54.1 Å². The summed E-state index contributed by atoms with van der Waals surface area (Å²) in [6.07, 6.45) is 8.01.